The second-order valence-electron chi connectivity index (χ2n) is 5.33. The van der Waals surface area contributed by atoms with Crippen molar-refractivity contribution in [1.82, 2.24) is 5.32 Å². The lowest BCUT2D eigenvalue weighted by Gasteiger charge is -2.15. The molecule has 1 N–H and O–H groups in total. The molecular formula is C15H18F3NO2. The van der Waals surface area contributed by atoms with E-state index < -0.39 is 11.7 Å². The van der Waals surface area contributed by atoms with Gasteiger partial charge in [-0.25, -0.2) is 0 Å². The summed E-state index contributed by atoms with van der Waals surface area (Å²) in [5, 5.41) is 2.77. The molecule has 116 valence electrons. The van der Waals surface area contributed by atoms with Gasteiger partial charge in [0.1, 0.15) is 0 Å². The van der Waals surface area contributed by atoms with Gasteiger partial charge in [0.2, 0.25) is 5.91 Å². The number of alkyl halides is 3. The standard InChI is InChI=1S/C15H18F3NO2/c1-9-7-12(15(16,17)18)4-3-11(9)8-19-14(20)13-5-6-21-10(13)2/h3-4,7,10,13H,5-6,8H2,1-2H3,(H,19,20)/t10-,13+/m0/s1. The predicted octanol–water partition coefficient (Wildman–Crippen LogP) is 3.06. The molecule has 1 aliphatic rings. The maximum Gasteiger partial charge on any atom is 0.416 e. The summed E-state index contributed by atoms with van der Waals surface area (Å²) in [6, 6.07) is 3.55. The molecule has 1 aromatic rings. The number of carbonyl (C=O) groups is 1. The third-order valence-corrected chi connectivity index (χ3v) is 3.84. The minimum Gasteiger partial charge on any atom is -0.378 e. The number of hydrogen-bond acceptors (Lipinski definition) is 2. The predicted molar refractivity (Wildman–Crippen MR) is 71.5 cm³/mol. The Balaban J connectivity index is 1.99. The third-order valence-electron chi connectivity index (χ3n) is 3.84. The summed E-state index contributed by atoms with van der Waals surface area (Å²) >= 11 is 0. The number of rotatable bonds is 3. The van der Waals surface area contributed by atoms with E-state index in [9.17, 15) is 18.0 Å². The van der Waals surface area contributed by atoms with Crippen molar-refractivity contribution in [3.05, 3.63) is 34.9 Å². The molecular weight excluding hydrogens is 283 g/mol. The highest BCUT2D eigenvalue weighted by Crippen LogP contribution is 2.30. The first-order valence-corrected chi connectivity index (χ1v) is 6.85. The second-order valence-corrected chi connectivity index (χ2v) is 5.33. The summed E-state index contributed by atoms with van der Waals surface area (Å²) in [6.45, 7) is 4.25. The van der Waals surface area contributed by atoms with Crippen LogP contribution in [-0.4, -0.2) is 18.6 Å². The van der Waals surface area contributed by atoms with Gasteiger partial charge in [-0.2, -0.15) is 13.2 Å². The Hall–Kier alpha value is -1.56. The van der Waals surface area contributed by atoms with Crippen LogP contribution >= 0.6 is 0 Å². The molecule has 1 aromatic carbocycles. The fraction of sp³-hybridized carbons (Fsp3) is 0.533. The van der Waals surface area contributed by atoms with Crippen LogP contribution in [0.3, 0.4) is 0 Å². The average molecular weight is 301 g/mol. The first-order chi connectivity index (χ1) is 9.79. The van der Waals surface area contributed by atoms with E-state index in [2.05, 4.69) is 5.32 Å². The van der Waals surface area contributed by atoms with E-state index in [-0.39, 0.29) is 24.5 Å². The zero-order chi connectivity index (χ0) is 15.6. The molecule has 6 heteroatoms. The number of nitrogens with one attached hydrogen (secondary N) is 1. The van der Waals surface area contributed by atoms with Crippen molar-refractivity contribution < 1.29 is 22.7 Å². The third kappa shape index (κ3) is 3.75. The molecule has 1 amide bonds. The lowest BCUT2D eigenvalue weighted by Crippen LogP contribution is -2.33. The molecule has 2 atom stereocenters. The molecule has 1 saturated heterocycles. The quantitative estimate of drug-likeness (QED) is 0.932. The van der Waals surface area contributed by atoms with E-state index in [0.29, 0.717) is 24.2 Å². The Labute approximate surface area is 121 Å². The highest BCUT2D eigenvalue weighted by atomic mass is 19.4. The van der Waals surface area contributed by atoms with Crippen LogP contribution in [0.2, 0.25) is 0 Å². The Bertz CT molecular complexity index is 528. The van der Waals surface area contributed by atoms with Gasteiger partial charge in [-0.05, 0) is 43.5 Å². The van der Waals surface area contributed by atoms with Crippen molar-refractivity contribution in [2.24, 2.45) is 5.92 Å². The zero-order valence-electron chi connectivity index (χ0n) is 12.0. The van der Waals surface area contributed by atoms with Crippen LogP contribution in [0.4, 0.5) is 13.2 Å². The lowest BCUT2D eigenvalue weighted by molar-refractivity contribution is -0.137. The van der Waals surface area contributed by atoms with Crippen molar-refractivity contribution >= 4 is 5.91 Å². The number of amides is 1. The van der Waals surface area contributed by atoms with Gasteiger partial charge in [-0.15, -0.1) is 0 Å². The Morgan fingerprint density at radius 3 is 2.67 bits per heavy atom. The molecule has 0 unspecified atom stereocenters. The summed E-state index contributed by atoms with van der Waals surface area (Å²) in [7, 11) is 0. The number of halogens is 3. The molecule has 0 saturated carbocycles. The molecule has 0 aromatic heterocycles. The summed E-state index contributed by atoms with van der Waals surface area (Å²) < 4.78 is 43.1. The summed E-state index contributed by atoms with van der Waals surface area (Å²) in [6.07, 6.45) is -3.78. The minimum atomic E-state index is -4.34. The lowest BCUT2D eigenvalue weighted by atomic mass is 10.0. The van der Waals surface area contributed by atoms with Crippen molar-refractivity contribution in [2.75, 3.05) is 6.61 Å². The van der Waals surface area contributed by atoms with Crippen molar-refractivity contribution in [2.45, 2.75) is 39.1 Å². The highest BCUT2D eigenvalue weighted by molar-refractivity contribution is 5.79. The molecule has 1 heterocycles. The number of ether oxygens (including phenoxy) is 1. The van der Waals surface area contributed by atoms with Gasteiger partial charge in [0.15, 0.2) is 0 Å². The van der Waals surface area contributed by atoms with E-state index in [0.717, 1.165) is 12.1 Å². The Morgan fingerprint density at radius 1 is 1.43 bits per heavy atom. The van der Waals surface area contributed by atoms with E-state index in [4.69, 9.17) is 4.74 Å². The molecule has 2 rings (SSSR count). The molecule has 21 heavy (non-hydrogen) atoms. The van der Waals surface area contributed by atoms with Crippen LogP contribution in [0.1, 0.15) is 30.0 Å². The first kappa shape index (κ1) is 15.8. The van der Waals surface area contributed by atoms with Crippen LogP contribution in [0.15, 0.2) is 18.2 Å². The molecule has 3 nitrogen and oxygen atoms in total. The van der Waals surface area contributed by atoms with Gasteiger partial charge in [0.05, 0.1) is 17.6 Å². The van der Waals surface area contributed by atoms with Crippen LogP contribution in [0.25, 0.3) is 0 Å². The largest absolute Gasteiger partial charge is 0.416 e. The van der Waals surface area contributed by atoms with Crippen LogP contribution in [-0.2, 0) is 22.3 Å². The van der Waals surface area contributed by atoms with Crippen LogP contribution < -0.4 is 5.32 Å². The number of benzene rings is 1. The van der Waals surface area contributed by atoms with E-state index in [1.165, 1.54) is 6.07 Å². The van der Waals surface area contributed by atoms with Gasteiger partial charge in [-0.1, -0.05) is 6.07 Å². The van der Waals surface area contributed by atoms with Gasteiger partial charge in [0.25, 0.3) is 0 Å². The van der Waals surface area contributed by atoms with Crippen molar-refractivity contribution in [3.8, 4) is 0 Å². The smallest absolute Gasteiger partial charge is 0.378 e. The maximum atomic E-state index is 12.6. The Kier molecular flexibility index (Phi) is 4.56. The number of hydrogen-bond donors (Lipinski definition) is 1. The van der Waals surface area contributed by atoms with Crippen LogP contribution in [0, 0.1) is 12.8 Å². The monoisotopic (exact) mass is 301 g/mol. The van der Waals surface area contributed by atoms with Crippen LogP contribution in [0.5, 0.6) is 0 Å². The first-order valence-electron chi connectivity index (χ1n) is 6.85. The molecule has 1 aliphatic heterocycles. The van der Waals surface area contributed by atoms with Gasteiger partial charge in [-0.3, -0.25) is 4.79 Å². The second kappa shape index (κ2) is 6.05. The minimum absolute atomic E-state index is 0.112. The summed E-state index contributed by atoms with van der Waals surface area (Å²) in [5.41, 5.74) is 0.525. The topological polar surface area (TPSA) is 38.3 Å². The molecule has 0 radical (unpaired) electrons. The van der Waals surface area contributed by atoms with Gasteiger partial charge >= 0.3 is 6.18 Å². The summed E-state index contributed by atoms with van der Waals surface area (Å²) in [4.78, 5) is 12.0. The summed E-state index contributed by atoms with van der Waals surface area (Å²) in [5.74, 6) is -0.293. The average Bonchev–Trinajstić information content (AvgIpc) is 2.82. The van der Waals surface area contributed by atoms with Crippen molar-refractivity contribution in [1.29, 1.82) is 0 Å². The Morgan fingerprint density at radius 2 is 2.14 bits per heavy atom. The molecule has 0 aliphatic carbocycles. The number of carbonyl (C=O) groups excluding carboxylic acids is 1. The highest BCUT2D eigenvalue weighted by Gasteiger charge is 2.31. The van der Waals surface area contributed by atoms with Crippen molar-refractivity contribution in [3.63, 3.8) is 0 Å². The SMILES string of the molecule is Cc1cc(C(F)(F)F)ccc1CNC(=O)[C@@H]1CCO[C@H]1C. The molecule has 0 spiro atoms. The zero-order valence-corrected chi connectivity index (χ0v) is 12.0. The van der Waals surface area contributed by atoms with E-state index in [1.807, 2.05) is 6.92 Å². The number of aryl methyl sites for hydroxylation is 1. The normalized spacial score (nSPS) is 22.3. The van der Waals surface area contributed by atoms with E-state index >= 15 is 0 Å². The van der Waals surface area contributed by atoms with E-state index in [1.54, 1.807) is 6.92 Å². The van der Waals surface area contributed by atoms with Gasteiger partial charge < -0.3 is 10.1 Å². The maximum absolute atomic E-state index is 12.6. The molecule has 0 bridgehead atoms. The fourth-order valence-corrected chi connectivity index (χ4v) is 2.46. The van der Waals surface area contributed by atoms with Gasteiger partial charge in [0, 0.05) is 13.2 Å². The fourth-order valence-electron chi connectivity index (χ4n) is 2.46. The molecule has 1 fully saturated rings.